The van der Waals surface area contributed by atoms with Gasteiger partial charge >= 0.3 is 5.97 Å². The van der Waals surface area contributed by atoms with Gasteiger partial charge in [-0.15, -0.1) is 0 Å². The molecule has 104 valence electrons. The van der Waals surface area contributed by atoms with Gasteiger partial charge in [-0.05, 0) is 55.9 Å². The van der Waals surface area contributed by atoms with Crippen molar-refractivity contribution in [3.8, 4) is 0 Å². The summed E-state index contributed by atoms with van der Waals surface area (Å²) in [4.78, 5) is 12.0. The van der Waals surface area contributed by atoms with Crippen molar-refractivity contribution < 1.29 is 14.1 Å². The van der Waals surface area contributed by atoms with Gasteiger partial charge in [0.05, 0.1) is 11.3 Å². The lowest BCUT2D eigenvalue weighted by molar-refractivity contribution is 0.0437. The SMILES string of the molecule is Cc1cc(COC(=O)c2ccc3c(c2)CCCC3)on1. The van der Waals surface area contributed by atoms with Crippen LogP contribution in [0, 0.1) is 6.92 Å². The third-order valence-electron chi connectivity index (χ3n) is 3.61. The van der Waals surface area contributed by atoms with E-state index in [-0.39, 0.29) is 12.6 Å². The summed E-state index contributed by atoms with van der Waals surface area (Å²) in [5.74, 6) is 0.251. The fourth-order valence-electron chi connectivity index (χ4n) is 2.56. The highest BCUT2D eigenvalue weighted by molar-refractivity contribution is 5.89. The number of carbonyl (C=O) groups is 1. The molecule has 4 heteroatoms. The van der Waals surface area contributed by atoms with E-state index in [9.17, 15) is 4.79 Å². The van der Waals surface area contributed by atoms with Gasteiger partial charge in [0.1, 0.15) is 0 Å². The maximum absolute atomic E-state index is 12.0. The molecule has 1 aromatic heterocycles. The van der Waals surface area contributed by atoms with Crippen molar-refractivity contribution in [2.45, 2.75) is 39.2 Å². The lowest BCUT2D eigenvalue weighted by atomic mass is 9.90. The molecule has 4 nitrogen and oxygen atoms in total. The number of ether oxygens (including phenoxy) is 1. The summed E-state index contributed by atoms with van der Waals surface area (Å²) in [6.45, 7) is 1.95. The first-order valence-electron chi connectivity index (χ1n) is 6.93. The van der Waals surface area contributed by atoms with Gasteiger partial charge in [0.25, 0.3) is 0 Å². The number of esters is 1. The zero-order chi connectivity index (χ0) is 13.9. The molecule has 0 atom stereocenters. The summed E-state index contributed by atoms with van der Waals surface area (Å²) in [7, 11) is 0. The lowest BCUT2D eigenvalue weighted by Gasteiger charge is -2.16. The van der Waals surface area contributed by atoms with Gasteiger partial charge in [-0.2, -0.15) is 0 Å². The van der Waals surface area contributed by atoms with Gasteiger partial charge in [-0.25, -0.2) is 4.79 Å². The second kappa shape index (κ2) is 5.49. The van der Waals surface area contributed by atoms with Gasteiger partial charge in [0.2, 0.25) is 0 Å². The van der Waals surface area contributed by atoms with E-state index in [0.717, 1.165) is 18.5 Å². The molecule has 0 bridgehead atoms. The Hall–Kier alpha value is -2.10. The molecule has 0 spiro atoms. The van der Waals surface area contributed by atoms with Crippen LogP contribution in [-0.2, 0) is 24.2 Å². The topological polar surface area (TPSA) is 52.3 Å². The molecule has 0 N–H and O–H groups in total. The minimum Gasteiger partial charge on any atom is -0.454 e. The van der Waals surface area contributed by atoms with Crippen molar-refractivity contribution in [1.29, 1.82) is 0 Å². The Morgan fingerprint density at radius 3 is 2.80 bits per heavy atom. The number of benzene rings is 1. The predicted octanol–water partition coefficient (Wildman–Crippen LogP) is 3.22. The number of carbonyl (C=O) groups excluding carboxylic acids is 1. The maximum atomic E-state index is 12.0. The minimum atomic E-state index is -0.313. The van der Waals surface area contributed by atoms with Crippen LogP contribution in [0.1, 0.15) is 45.8 Å². The normalized spacial score (nSPS) is 13.8. The molecule has 0 aliphatic heterocycles. The van der Waals surface area contributed by atoms with Crippen molar-refractivity contribution in [2.24, 2.45) is 0 Å². The van der Waals surface area contributed by atoms with Crippen LogP contribution in [0.5, 0.6) is 0 Å². The van der Waals surface area contributed by atoms with E-state index in [4.69, 9.17) is 9.26 Å². The highest BCUT2D eigenvalue weighted by Crippen LogP contribution is 2.22. The molecule has 1 aromatic carbocycles. The molecular weight excluding hydrogens is 254 g/mol. The third kappa shape index (κ3) is 2.74. The van der Waals surface area contributed by atoms with Crippen LogP contribution in [0.15, 0.2) is 28.8 Å². The molecule has 0 saturated carbocycles. The van der Waals surface area contributed by atoms with Gasteiger partial charge in [-0.1, -0.05) is 11.2 Å². The Balaban J connectivity index is 1.67. The predicted molar refractivity (Wildman–Crippen MR) is 73.4 cm³/mol. The molecule has 1 aliphatic rings. The van der Waals surface area contributed by atoms with Crippen molar-refractivity contribution in [3.63, 3.8) is 0 Å². The molecule has 20 heavy (non-hydrogen) atoms. The quantitative estimate of drug-likeness (QED) is 0.804. The number of aromatic nitrogens is 1. The lowest BCUT2D eigenvalue weighted by Crippen LogP contribution is -2.08. The van der Waals surface area contributed by atoms with E-state index in [1.165, 1.54) is 24.0 Å². The largest absolute Gasteiger partial charge is 0.454 e. The molecule has 0 unspecified atom stereocenters. The molecule has 0 amide bonds. The minimum absolute atomic E-state index is 0.122. The van der Waals surface area contributed by atoms with E-state index in [1.807, 2.05) is 25.1 Å². The molecule has 1 heterocycles. The number of hydrogen-bond acceptors (Lipinski definition) is 4. The maximum Gasteiger partial charge on any atom is 0.338 e. The van der Waals surface area contributed by atoms with Gasteiger partial charge in [0.15, 0.2) is 12.4 Å². The van der Waals surface area contributed by atoms with Crippen molar-refractivity contribution in [1.82, 2.24) is 5.16 Å². The summed E-state index contributed by atoms with van der Waals surface area (Å²) in [5, 5.41) is 3.76. The zero-order valence-electron chi connectivity index (χ0n) is 11.5. The summed E-state index contributed by atoms with van der Waals surface area (Å²) >= 11 is 0. The van der Waals surface area contributed by atoms with Crippen molar-refractivity contribution in [3.05, 3.63) is 52.4 Å². The number of nitrogens with zero attached hydrogens (tertiary/aromatic N) is 1. The number of rotatable bonds is 3. The number of fused-ring (bicyclic) bond motifs is 1. The molecule has 0 fully saturated rings. The van der Waals surface area contributed by atoms with Crippen LogP contribution >= 0.6 is 0 Å². The van der Waals surface area contributed by atoms with Crippen LogP contribution in [-0.4, -0.2) is 11.1 Å². The van der Waals surface area contributed by atoms with Crippen LogP contribution in [0.3, 0.4) is 0 Å². The zero-order valence-corrected chi connectivity index (χ0v) is 11.5. The van der Waals surface area contributed by atoms with E-state index in [0.29, 0.717) is 11.3 Å². The first-order chi connectivity index (χ1) is 9.72. The Kier molecular flexibility index (Phi) is 3.54. The number of hydrogen-bond donors (Lipinski definition) is 0. The molecule has 0 radical (unpaired) electrons. The molecule has 1 aliphatic carbocycles. The first kappa shape index (κ1) is 12.9. The van der Waals surface area contributed by atoms with Crippen LogP contribution in [0.25, 0.3) is 0 Å². The van der Waals surface area contributed by atoms with E-state index >= 15 is 0 Å². The van der Waals surface area contributed by atoms with Crippen LogP contribution in [0.2, 0.25) is 0 Å². The van der Waals surface area contributed by atoms with Gasteiger partial charge in [0, 0.05) is 6.07 Å². The third-order valence-corrected chi connectivity index (χ3v) is 3.61. The first-order valence-corrected chi connectivity index (χ1v) is 6.93. The highest BCUT2D eigenvalue weighted by Gasteiger charge is 2.14. The Morgan fingerprint density at radius 1 is 1.25 bits per heavy atom. The average Bonchev–Trinajstić information content (AvgIpc) is 2.90. The fourth-order valence-corrected chi connectivity index (χ4v) is 2.56. The van der Waals surface area contributed by atoms with Crippen molar-refractivity contribution >= 4 is 5.97 Å². The van der Waals surface area contributed by atoms with Crippen LogP contribution in [0.4, 0.5) is 0 Å². The summed E-state index contributed by atoms with van der Waals surface area (Å²) in [6, 6.07) is 7.62. The molecule has 0 saturated heterocycles. The highest BCUT2D eigenvalue weighted by atomic mass is 16.5. The smallest absolute Gasteiger partial charge is 0.338 e. The van der Waals surface area contributed by atoms with Crippen LogP contribution < -0.4 is 0 Å². The Labute approximate surface area is 117 Å². The molecular formula is C16H17NO3. The van der Waals surface area contributed by atoms with E-state index in [2.05, 4.69) is 5.16 Å². The standard InChI is InChI=1S/C16H17NO3/c1-11-8-15(20-17-11)10-19-16(18)14-7-6-12-4-2-3-5-13(12)9-14/h6-9H,2-5,10H2,1H3. The molecule has 2 aromatic rings. The van der Waals surface area contributed by atoms with Gasteiger partial charge < -0.3 is 9.26 Å². The second-order valence-corrected chi connectivity index (χ2v) is 5.20. The summed E-state index contributed by atoms with van der Waals surface area (Å²) < 4.78 is 10.3. The second-order valence-electron chi connectivity index (χ2n) is 5.20. The Morgan fingerprint density at radius 2 is 2.05 bits per heavy atom. The fraction of sp³-hybridized carbons (Fsp3) is 0.375. The van der Waals surface area contributed by atoms with Gasteiger partial charge in [-0.3, -0.25) is 0 Å². The Bertz CT molecular complexity index is 630. The molecule has 3 rings (SSSR count). The summed E-state index contributed by atoms with van der Waals surface area (Å²) in [6.07, 6.45) is 4.60. The van der Waals surface area contributed by atoms with E-state index in [1.54, 1.807) is 6.07 Å². The summed E-state index contributed by atoms with van der Waals surface area (Å²) in [5.41, 5.74) is 4.03. The average molecular weight is 271 g/mol. The van der Waals surface area contributed by atoms with E-state index < -0.39 is 0 Å². The van der Waals surface area contributed by atoms with Crippen molar-refractivity contribution in [2.75, 3.05) is 0 Å². The number of aryl methyl sites for hydroxylation is 3. The monoisotopic (exact) mass is 271 g/mol.